The lowest BCUT2D eigenvalue weighted by molar-refractivity contribution is -0.128. The van der Waals surface area contributed by atoms with Crippen LogP contribution in [0.15, 0.2) is 65.8 Å². The molecule has 160 valence electrons. The van der Waals surface area contributed by atoms with E-state index in [4.69, 9.17) is 0 Å². The average Bonchev–Trinajstić information content (AvgIpc) is 2.76. The number of thioether (sulfide) groups is 1. The summed E-state index contributed by atoms with van der Waals surface area (Å²) < 4.78 is 0. The summed E-state index contributed by atoms with van der Waals surface area (Å²) >= 11 is 1.34. The highest BCUT2D eigenvalue weighted by atomic mass is 32.2. The molecule has 0 bridgehead atoms. The summed E-state index contributed by atoms with van der Waals surface area (Å²) in [7, 11) is 1.78. The highest BCUT2D eigenvalue weighted by molar-refractivity contribution is 7.99. The number of rotatable bonds is 7. The summed E-state index contributed by atoms with van der Waals surface area (Å²) in [6.45, 7) is 5.80. The zero-order valence-electron chi connectivity index (χ0n) is 18.1. The lowest BCUT2D eigenvalue weighted by Gasteiger charge is -2.25. The van der Waals surface area contributed by atoms with Gasteiger partial charge in [0.2, 0.25) is 5.91 Å². The van der Waals surface area contributed by atoms with E-state index >= 15 is 0 Å². The molecule has 0 radical (unpaired) electrons. The molecule has 0 spiro atoms. The fourth-order valence-corrected chi connectivity index (χ4v) is 3.97. The van der Waals surface area contributed by atoms with Gasteiger partial charge in [0.25, 0.3) is 5.91 Å². The summed E-state index contributed by atoms with van der Waals surface area (Å²) in [5.41, 5.74) is 4.00. The van der Waals surface area contributed by atoms with Gasteiger partial charge in [-0.2, -0.15) is 0 Å². The second-order valence-electron chi connectivity index (χ2n) is 7.35. The Kier molecular flexibility index (Phi) is 7.41. The molecule has 2 amide bonds. The molecule has 0 saturated carbocycles. The number of carbonyl (C=O) groups excluding carboxylic acids is 2. The molecule has 31 heavy (non-hydrogen) atoms. The molecule has 0 fully saturated rings. The summed E-state index contributed by atoms with van der Waals surface area (Å²) in [5.74, 6) is 0.0763. The number of benzene rings is 2. The van der Waals surface area contributed by atoms with Crippen molar-refractivity contribution < 1.29 is 9.59 Å². The van der Waals surface area contributed by atoms with Gasteiger partial charge in [0.05, 0.1) is 11.8 Å². The quantitative estimate of drug-likeness (QED) is 0.432. The van der Waals surface area contributed by atoms with Crippen molar-refractivity contribution in [1.29, 1.82) is 0 Å². The van der Waals surface area contributed by atoms with E-state index in [2.05, 4.69) is 15.3 Å². The Bertz CT molecular complexity index is 1050. The first-order valence-corrected chi connectivity index (χ1v) is 11.0. The molecule has 6 nitrogen and oxygen atoms in total. The highest BCUT2D eigenvalue weighted by Crippen LogP contribution is 2.24. The van der Waals surface area contributed by atoms with Crippen LogP contribution in [0.25, 0.3) is 0 Å². The van der Waals surface area contributed by atoms with Crippen molar-refractivity contribution in [3.05, 3.63) is 83.2 Å². The van der Waals surface area contributed by atoms with Gasteiger partial charge < -0.3 is 10.2 Å². The summed E-state index contributed by atoms with van der Waals surface area (Å²) in [5, 5.41) is 3.52. The molecular formula is C24H26N4O2S. The molecule has 0 aliphatic heterocycles. The van der Waals surface area contributed by atoms with Crippen LogP contribution in [0, 0.1) is 13.8 Å². The average molecular weight is 435 g/mol. The SMILES string of the molecule is Cc1cc(C)nc(SCC(=O)N(C)C(C)c2cccc(NC(=O)c3ccccc3)c2)n1. The number of hydrogen-bond donors (Lipinski definition) is 1. The Morgan fingerprint density at radius 3 is 2.35 bits per heavy atom. The molecule has 0 aliphatic carbocycles. The van der Waals surface area contributed by atoms with Crippen LogP contribution in [0.2, 0.25) is 0 Å². The minimum absolute atomic E-state index is 0.0148. The third kappa shape index (κ3) is 6.15. The first-order valence-electron chi connectivity index (χ1n) is 10.0. The van der Waals surface area contributed by atoms with Gasteiger partial charge in [-0.1, -0.05) is 42.1 Å². The van der Waals surface area contributed by atoms with Gasteiger partial charge in [-0.3, -0.25) is 9.59 Å². The molecular weight excluding hydrogens is 408 g/mol. The van der Waals surface area contributed by atoms with E-state index < -0.39 is 0 Å². The fraction of sp³-hybridized carbons (Fsp3) is 0.250. The van der Waals surface area contributed by atoms with Crippen molar-refractivity contribution in [1.82, 2.24) is 14.9 Å². The van der Waals surface area contributed by atoms with Gasteiger partial charge in [-0.15, -0.1) is 0 Å². The van der Waals surface area contributed by atoms with Crippen molar-refractivity contribution in [2.75, 3.05) is 18.1 Å². The van der Waals surface area contributed by atoms with E-state index in [1.807, 2.05) is 69.3 Å². The van der Waals surface area contributed by atoms with E-state index in [9.17, 15) is 9.59 Å². The van der Waals surface area contributed by atoms with Gasteiger partial charge >= 0.3 is 0 Å². The maximum Gasteiger partial charge on any atom is 0.255 e. The van der Waals surface area contributed by atoms with Gasteiger partial charge in [0.15, 0.2) is 5.16 Å². The number of anilines is 1. The monoisotopic (exact) mass is 434 g/mol. The molecule has 0 aliphatic rings. The number of aryl methyl sites for hydroxylation is 2. The normalized spacial score (nSPS) is 11.6. The van der Waals surface area contributed by atoms with Crippen LogP contribution in [0.4, 0.5) is 5.69 Å². The Morgan fingerprint density at radius 2 is 1.68 bits per heavy atom. The van der Waals surface area contributed by atoms with Gasteiger partial charge in [0, 0.05) is 29.7 Å². The molecule has 2 aromatic carbocycles. The number of hydrogen-bond acceptors (Lipinski definition) is 5. The van der Waals surface area contributed by atoms with E-state index in [0.29, 0.717) is 16.4 Å². The van der Waals surface area contributed by atoms with Crippen molar-refractivity contribution in [2.45, 2.75) is 32.0 Å². The van der Waals surface area contributed by atoms with Crippen LogP contribution in [0.5, 0.6) is 0 Å². The molecule has 3 aromatic rings. The number of nitrogens with zero attached hydrogens (tertiary/aromatic N) is 3. The van der Waals surface area contributed by atoms with Crippen LogP contribution in [-0.2, 0) is 4.79 Å². The van der Waals surface area contributed by atoms with E-state index in [-0.39, 0.29) is 23.6 Å². The molecule has 1 unspecified atom stereocenters. The van der Waals surface area contributed by atoms with Crippen LogP contribution in [0.3, 0.4) is 0 Å². The smallest absolute Gasteiger partial charge is 0.255 e. The zero-order valence-corrected chi connectivity index (χ0v) is 18.9. The predicted octanol–water partition coefficient (Wildman–Crippen LogP) is 4.66. The Balaban J connectivity index is 1.63. The van der Waals surface area contributed by atoms with Gasteiger partial charge in [-0.25, -0.2) is 9.97 Å². The van der Waals surface area contributed by atoms with Gasteiger partial charge in [0.1, 0.15) is 0 Å². The topological polar surface area (TPSA) is 75.2 Å². The van der Waals surface area contributed by atoms with Crippen molar-refractivity contribution in [3.8, 4) is 0 Å². The molecule has 1 atom stereocenters. The number of aromatic nitrogens is 2. The fourth-order valence-electron chi connectivity index (χ4n) is 3.09. The molecule has 1 heterocycles. The first-order chi connectivity index (χ1) is 14.8. The minimum atomic E-state index is -0.167. The number of carbonyl (C=O) groups is 2. The third-order valence-corrected chi connectivity index (χ3v) is 5.76. The first kappa shape index (κ1) is 22.5. The van der Waals surface area contributed by atoms with Crippen LogP contribution < -0.4 is 5.32 Å². The number of amides is 2. The summed E-state index contributed by atoms with van der Waals surface area (Å²) in [4.78, 5) is 35.6. The molecule has 7 heteroatoms. The zero-order chi connectivity index (χ0) is 22.4. The molecule has 1 N–H and O–H groups in total. The summed E-state index contributed by atoms with van der Waals surface area (Å²) in [6.07, 6.45) is 0. The maximum atomic E-state index is 12.7. The molecule has 1 aromatic heterocycles. The van der Waals surface area contributed by atoms with Crippen LogP contribution >= 0.6 is 11.8 Å². The van der Waals surface area contributed by atoms with Crippen LogP contribution in [0.1, 0.15) is 40.3 Å². The standard InChI is InChI=1S/C24H26N4O2S/c1-16-13-17(2)26-24(25-16)31-15-22(29)28(4)18(3)20-11-8-12-21(14-20)27-23(30)19-9-6-5-7-10-19/h5-14,18H,15H2,1-4H3,(H,27,30). The van der Waals surface area contributed by atoms with Crippen molar-refractivity contribution >= 4 is 29.3 Å². The molecule has 3 rings (SSSR count). The maximum absolute atomic E-state index is 12.7. The summed E-state index contributed by atoms with van der Waals surface area (Å²) in [6, 6.07) is 18.4. The number of nitrogens with one attached hydrogen (secondary N) is 1. The van der Waals surface area contributed by atoms with Crippen molar-refractivity contribution in [2.24, 2.45) is 0 Å². The van der Waals surface area contributed by atoms with Crippen molar-refractivity contribution in [3.63, 3.8) is 0 Å². The second kappa shape index (κ2) is 10.2. The molecule has 0 saturated heterocycles. The Labute approximate surface area is 187 Å². The van der Waals surface area contributed by atoms with E-state index in [0.717, 1.165) is 17.0 Å². The second-order valence-corrected chi connectivity index (χ2v) is 8.29. The van der Waals surface area contributed by atoms with Gasteiger partial charge in [-0.05, 0) is 56.7 Å². The minimum Gasteiger partial charge on any atom is -0.338 e. The Morgan fingerprint density at radius 1 is 1.00 bits per heavy atom. The lowest BCUT2D eigenvalue weighted by Crippen LogP contribution is -2.31. The third-order valence-electron chi connectivity index (χ3n) is 4.92. The lowest BCUT2D eigenvalue weighted by atomic mass is 10.1. The predicted molar refractivity (Wildman–Crippen MR) is 124 cm³/mol. The Hall–Kier alpha value is -3.19. The van der Waals surface area contributed by atoms with E-state index in [1.165, 1.54) is 11.8 Å². The largest absolute Gasteiger partial charge is 0.338 e. The van der Waals surface area contributed by atoms with Crippen LogP contribution in [-0.4, -0.2) is 39.5 Å². The van der Waals surface area contributed by atoms with E-state index in [1.54, 1.807) is 24.1 Å². The highest BCUT2D eigenvalue weighted by Gasteiger charge is 2.19.